The number of anilines is 1. The van der Waals surface area contributed by atoms with Crippen LogP contribution in [0.3, 0.4) is 0 Å². The van der Waals surface area contributed by atoms with Crippen LogP contribution >= 0.6 is 0 Å². The molecule has 0 saturated carbocycles. The van der Waals surface area contributed by atoms with Gasteiger partial charge < -0.3 is 5.32 Å². The van der Waals surface area contributed by atoms with E-state index in [2.05, 4.69) is 5.32 Å². The van der Waals surface area contributed by atoms with Gasteiger partial charge in [-0.1, -0.05) is 13.8 Å². The molecule has 0 bridgehead atoms. The number of sulfonamides is 1. The van der Waals surface area contributed by atoms with E-state index >= 15 is 0 Å². The van der Waals surface area contributed by atoms with E-state index < -0.39 is 15.3 Å². The molecule has 0 aromatic heterocycles. The third-order valence-corrected chi connectivity index (χ3v) is 5.30. The monoisotopic (exact) mass is 302 g/mol. The van der Waals surface area contributed by atoms with Gasteiger partial charge in [-0.15, -0.1) is 0 Å². The fourth-order valence-electron chi connectivity index (χ4n) is 1.84. The number of nitrogens with zero attached hydrogens (tertiary/aromatic N) is 1. The number of benzene rings is 1. The lowest BCUT2D eigenvalue weighted by Gasteiger charge is -2.27. The van der Waals surface area contributed by atoms with Crippen LogP contribution in [0.1, 0.15) is 27.7 Å². The Morgan fingerprint density at radius 2 is 1.75 bits per heavy atom. The second-order valence-electron chi connectivity index (χ2n) is 5.06. The van der Waals surface area contributed by atoms with Gasteiger partial charge in [0.05, 0.1) is 10.9 Å². The first kappa shape index (κ1) is 16.9. The van der Waals surface area contributed by atoms with E-state index in [0.29, 0.717) is 18.8 Å². The van der Waals surface area contributed by atoms with Gasteiger partial charge in [-0.3, -0.25) is 4.31 Å². The second-order valence-corrected chi connectivity index (χ2v) is 7.34. The van der Waals surface area contributed by atoms with E-state index in [1.54, 1.807) is 13.8 Å². The minimum absolute atomic E-state index is 0.230. The maximum absolute atomic E-state index is 12.9. The highest BCUT2D eigenvalue weighted by Gasteiger charge is 2.27. The van der Waals surface area contributed by atoms with Gasteiger partial charge in [0.2, 0.25) is 10.0 Å². The Morgan fingerprint density at radius 1 is 1.20 bits per heavy atom. The average Bonchev–Trinajstić information content (AvgIpc) is 2.38. The molecule has 0 heterocycles. The van der Waals surface area contributed by atoms with E-state index in [9.17, 15) is 12.8 Å². The topological polar surface area (TPSA) is 49.4 Å². The second kappa shape index (κ2) is 7.04. The van der Waals surface area contributed by atoms with E-state index in [0.717, 1.165) is 0 Å². The number of nitrogens with one attached hydrogen (secondary N) is 1. The van der Waals surface area contributed by atoms with Crippen LogP contribution in [0.15, 0.2) is 24.3 Å². The van der Waals surface area contributed by atoms with Crippen molar-refractivity contribution < 1.29 is 12.8 Å². The third kappa shape index (κ3) is 4.18. The van der Waals surface area contributed by atoms with Crippen molar-refractivity contribution in [1.82, 2.24) is 5.32 Å². The molecule has 1 rings (SSSR count). The van der Waals surface area contributed by atoms with Crippen LogP contribution in [0.5, 0.6) is 0 Å². The Kier molecular flexibility index (Phi) is 5.95. The molecule has 114 valence electrons. The minimum Gasteiger partial charge on any atom is -0.313 e. The number of hydrogen-bond acceptors (Lipinski definition) is 3. The molecule has 6 heteroatoms. The highest BCUT2D eigenvalue weighted by molar-refractivity contribution is 7.93. The minimum atomic E-state index is -3.46. The van der Waals surface area contributed by atoms with Crippen molar-refractivity contribution in [2.75, 3.05) is 17.4 Å². The molecule has 1 aromatic carbocycles. The van der Waals surface area contributed by atoms with Crippen LogP contribution in [0.25, 0.3) is 0 Å². The first-order valence-corrected chi connectivity index (χ1v) is 8.29. The molecule has 0 amide bonds. The Labute approximate surface area is 121 Å². The van der Waals surface area contributed by atoms with Crippen molar-refractivity contribution in [3.05, 3.63) is 30.1 Å². The smallest absolute Gasteiger partial charge is 0.239 e. The van der Waals surface area contributed by atoms with Crippen molar-refractivity contribution in [1.29, 1.82) is 0 Å². The summed E-state index contributed by atoms with van der Waals surface area (Å²) in [5, 5.41) is 2.58. The SMILES string of the molecule is CCN(c1ccc(F)cc1)S(=O)(=O)C(C)CNC(C)C. The quantitative estimate of drug-likeness (QED) is 0.841. The molecule has 0 saturated heterocycles. The summed E-state index contributed by atoms with van der Waals surface area (Å²) in [4.78, 5) is 0. The van der Waals surface area contributed by atoms with E-state index in [4.69, 9.17) is 0 Å². The van der Waals surface area contributed by atoms with Gasteiger partial charge >= 0.3 is 0 Å². The van der Waals surface area contributed by atoms with E-state index in [1.807, 2.05) is 13.8 Å². The molecule has 0 aliphatic rings. The summed E-state index contributed by atoms with van der Waals surface area (Å²) in [6.45, 7) is 8.09. The summed E-state index contributed by atoms with van der Waals surface area (Å²) < 4.78 is 39.4. The molecule has 0 aliphatic carbocycles. The highest BCUT2D eigenvalue weighted by Crippen LogP contribution is 2.20. The Hall–Kier alpha value is -1.14. The predicted molar refractivity (Wildman–Crippen MR) is 80.9 cm³/mol. The number of halogens is 1. The summed E-state index contributed by atoms with van der Waals surface area (Å²) in [5.74, 6) is -0.378. The van der Waals surface area contributed by atoms with Crippen LogP contribution < -0.4 is 9.62 Å². The molecule has 0 radical (unpaired) electrons. The fraction of sp³-hybridized carbons (Fsp3) is 0.571. The molecule has 20 heavy (non-hydrogen) atoms. The van der Waals surface area contributed by atoms with Crippen LogP contribution in [0.4, 0.5) is 10.1 Å². The zero-order valence-electron chi connectivity index (χ0n) is 12.4. The number of rotatable bonds is 7. The lowest BCUT2D eigenvalue weighted by atomic mass is 10.3. The molecule has 4 nitrogen and oxygen atoms in total. The Morgan fingerprint density at radius 3 is 2.20 bits per heavy atom. The number of hydrogen-bond donors (Lipinski definition) is 1. The first-order valence-electron chi connectivity index (χ1n) is 6.79. The van der Waals surface area contributed by atoms with Crippen LogP contribution in [0, 0.1) is 5.82 Å². The summed E-state index contributed by atoms with van der Waals surface area (Å²) >= 11 is 0. The van der Waals surface area contributed by atoms with Gasteiger partial charge in [0.1, 0.15) is 5.82 Å². The van der Waals surface area contributed by atoms with E-state index in [-0.39, 0.29) is 11.9 Å². The fourth-order valence-corrected chi connectivity index (χ4v) is 3.36. The molecule has 0 aliphatic heterocycles. The molecular weight excluding hydrogens is 279 g/mol. The molecule has 1 unspecified atom stereocenters. The maximum atomic E-state index is 12.9. The van der Waals surface area contributed by atoms with Gasteiger partial charge in [-0.2, -0.15) is 0 Å². The van der Waals surface area contributed by atoms with Gasteiger partial charge in [-0.05, 0) is 38.1 Å². The zero-order chi connectivity index (χ0) is 15.3. The molecular formula is C14H23FN2O2S. The zero-order valence-corrected chi connectivity index (χ0v) is 13.2. The van der Waals surface area contributed by atoms with E-state index in [1.165, 1.54) is 28.6 Å². The summed E-state index contributed by atoms with van der Waals surface area (Å²) in [6, 6.07) is 5.74. The Bertz CT molecular complexity index is 514. The van der Waals surface area contributed by atoms with Crippen LogP contribution in [-0.2, 0) is 10.0 Å². The molecule has 1 atom stereocenters. The predicted octanol–water partition coefficient (Wildman–Crippen LogP) is 2.37. The van der Waals surface area contributed by atoms with Gasteiger partial charge in [0.15, 0.2) is 0 Å². The largest absolute Gasteiger partial charge is 0.313 e. The van der Waals surface area contributed by atoms with Crippen molar-refractivity contribution >= 4 is 15.7 Å². The standard InChI is InChI=1S/C14H23FN2O2S/c1-5-17(14-8-6-13(15)7-9-14)20(18,19)12(4)10-16-11(2)3/h6-9,11-12,16H,5,10H2,1-4H3. The van der Waals surface area contributed by atoms with Gasteiger partial charge in [0, 0.05) is 19.1 Å². The van der Waals surface area contributed by atoms with Crippen LogP contribution in [0.2, 0.25) is 0 Å². The molecule has 0 fully saturated rings. The normalized spacial score (nSPS) is 13.5. The molecule has 1 N–H and O–H groups in total. The van der Waals surface area contributed by atoms with Crippen molar-refractivity contribution in [3.63, 3.8) is 0 Å². The van der Waals surface area contributed by atoms with Gasteiger partial charge in [0.25, 0.3) is 0 Å². The lowest BCUT2D eigenvalue weighted by Crippen LogP contribution is -2.43. The summed E-state index contributed by atoms with van der Waals surface area (Å²) in [7, 11) is -3.46. The third-order valence-electron chi connectivity index (χ3n) is 3.03. The first-order chi connectivity index (χ1) is 9.28. The van der Waals surface area contributed by atoms with Crippen molar-refractivity contribution in [3.8, 4) is 0 Å². The van der Waals surface area contributed by atoms with Crippen molar-refractivity contribution in [2.24, 2.45) is 0 Å². The summed E-state index contributed by atoms with van der Waals surface area (Å²) in [6.07, 6.45) is 0. The molecule has 1 aromatic rings. The Balaban J connectivity index is 2.94. The summed E-state index contributed by atoms with van der Waals surface area (Å²) in [5.41, 5.74) is 0.491. The highest BCUT2D eigenvalue weighted by atomic mass is 32.2. The van der Waals surface area contributed by atoms with Gasteiger partial charge in [-0.25, -0.2) is 12.8 Å². The van der Waals surface area contributed by atoms with Crippen molar-refractivity contribution in [2.45, 2.75) is 39.0 Å². The maximum Gasteiger partial charge on any atom is 0.239 e. The average molecular weight is 302 g/mol. The van der Waals surface area contributed by atoms with Crippen LogP contribution in [-0.4, -0.2) is 32.8 Å². The molecule has 0 spiro atoms. The lowest BCUT2D eigenvalue weighted by molar-refractivity contribution is 0.547.